The Bertz CT molecular complexity index is 1100. The van der Waals surface area contributed by atoms with Crippen LogP contribution in [-0.4, -0.2) is 19.0 Å². The highest BCUT2D eigenvalue weighted by Gasteiger charge is 2.43. The fourth-order valence-corrected chi connectivity index (χ4v) is 12.5. The molecule has 0 spiro atoms. The molecular weight excluding hydrogens is 442 g/mol. The largest absolute Gasteiger partial charge is 0.466 e. The molecule has 0 fully saturated rings. The SMILES string of the molecule is COC(=O)/C=C/[P+](CP(c1ccccc1)c1ccccc1)(c1ccccc1)c1ccccc1. The van der Waals surface area contributed by atoms with Crippen molar-refractivity contribution in [3.8, 4) is 0 Å². The van der Waals surface area contributed by atoms with E-state index in [9.17, 15) is 4.79 Å². The summed E-state index contributed by atoms with van der Waals surface area (Å²) in [6, 6.07) is 42.8. The summed E-state index contributed by atoms with van der Waals surface area (Å²) in [6.45, 7) is 0. The molecule has 0 saturated heterocycles. The second-order valence-corrected chi connectivity index (χ2v) is 13.7. The number of benzene rings is 4. The van der Waals surface area contributed by atoms with E-state index < -0.39 is 15.2 Å². The zero-order valence-electron chi connectivity index (χ0n) is 18.6. The minimum atomic E-state index is -2.11. The van der Waals surface area contributed by atoms with E-state index in [-0.39, 0.29) is 5.97 Å². The molecule has 0 aliphatic carbocycles. The maximum Gasteiger partial charge on any atom is 0.333 e. The number of hydrogen-bond acceptors (Lipinski definition) is 2. The Labute approximate surface area is 198 Å². The summed E-state index contributed by atoms with van der Waals surface area (Å²) in [5.41, 5.74) is 0. The third-order valence-electron chi connectivity index (χ3n) is 5.60. The van der Waals surface area contributed by atoms with E-state index >= 15 is 0 Å². The monoisotopic (exact) mass is 469 g/mol. The van der Waals surface area contributed by atoms with Gasteiger partial charge in [-0.3, -0.25) is 0 Å². The van der Waals surface area contributed by atoms with Crippen molar-refractivity contribution in [1.29, 1.82) is 0 Å². The van der Waals surface area contributed by atoms with E-state index in [1.54, 1.807) is 6.08 Å². The molecule has 0 unspecified atom stereocenters. The van der Waals surface area contributed by atoms with Gasteiger partial charge in [-0.2, -0.15) is 0 Å². The summed E-state index contributed by atoms with van der Waals surface area (Å²) >= 11 is 0. The van der Waals surface area contributed by atoms with Crippen molar-refractivity contribution >= 4 is 42.4 Å². The van der Waals surface area contributed by atoms with Gasteiger partial charge in [-0.15, -0.1) is 0 Å². The quantitative estimate of drug-likeness (QED) is 0.195. The molecule has 0 amide bonds. The highest BCUT2D eigenvalue weighted by atomic mass is 31.2. The Morgan fingerprint density at radius 1 is 0.697 bits per heavy atom. The summed E-state index contributed by atoms with van der Waals surface area (Å²) in [5, 5.41) is 5.19. The molecule has 0 bridgehead atoms. The third-order valence-corrected chi connectivity index (χ3v) is 13.5. The maximum atomic E-state index is 12.3. The normalized spacial score (nSPS) is 11.6. The lowest BCUT2D eigenvalue weighted by molar-refractivity contribution is -0.134. The molecule has 164 valence electrons. The first-order chi connectivity index (χ1) is 16.2. The van der Waals surface area contributed by atoms with E-state index in [4.69, 9.17) is 4.74 Å². The average molecular weight is 469 g/mol. The minimum absolute atomic E-state index is 0.324. The van der Waals surface area contributed by atoms with Crippen molar-refractivity contribution in [2.45, 2.75) is 0 Å². The number of rotatable bonds is 8. The molecule has 4 heteroatoms. The Hall–Kier alpha value is -3.05. The van der Waals surface area contributed by atoms with E-state index in [0.717, 1.165) is 5.90 Å². The van der Waals surface area contributed by atoms with Crippen LogP contribution in [0.15, 0.2) is 133 Å². The second-order valence-electron chi connectivity index (χ2n) is 7.62. The van der Waals surface area contributed by atoms with Crippen LogP contribution in [0.5, 0.6) is 0 Å². The summed E-state index contributed by atoms with van der Waals surface area (Å²) in [5.74, 6) is 2.75. The van der Waals surface area contributed by atoms with Crippen LogP contribution in [0.25, 0.3) is 0 Å². The van der Waals surface area contributed by atoms with Crippen LogP contribution < -0.4 is 21.2 Å². The standard InChI is InChI=1S/C29H27O2P2/c1-31-29(30)22-23-33(27-18-10-4-11-19-27,28-20-12-5-13-21-28)24-32(25-14-6-2-7-15-25)26-16-8-3-9-17-26/h2-23H,24H2,1H3/q+1/b23-22+. The fraction of sp³-hybridized carbons (Fsp3) is 0.0690. The molecule has 0 aromatic heterocycles. The molecule has 4 rings (SSSR count). The van der Waals surface area contributed by atoms with Crippen molar-refractivity contribution in [2.75, 3.05) is 13.0 Å². The highest BCUT2D eigenvalue weighted by Crippen LogP contribution is 2.65. The summed E-state index contributed by atoms with van der Waals surface area (Å²) in [6.07, 6.45) is 1.62. The number of esters is 1. The molecule has 0 saturated carbocycles. The first kappa shape index (κ1) is 23.1. The predicted molar refractivity (Wildman–Crippen MR) is 144 cm³/mol. The van der Waals surface area contributed by atoms with Crippen LogP contribution in [-0.2, 0) is 9.53 Å². The van der Waals surface area contributed by atoms with Gasteiger partial charge in [0.25, 0.3) is 0 Å². The summed E-state index contributed by atoms with van der Waals surface area (Å²) in [7, 11) is -1.35. The third kappa shape index (κ3) is 5.48. The van der Waals surface area contributed by atoms with Gasteiger partial charge in [0.1, 0.15) is 17.9 Å². The molecule has 4 aromatic rings. The van der Waals surface area contributed by atoms with Gasteiger partial charge in [-0.25, -0.2) is 4.79 Å². The number of carbonyl (C=O) groups excluding carboxylic acids is 1. The zero-order chi connectivity index (χ0) is 22.9. The van der Waals surface area contributed by atoms with E-state index in [2.05, 4.69) is 115 Å². The van der Waals surface area contributed by atoms with Crippen LogP contribution in [0.1, 0.15) is 0 Å². The maximum absolute atomic E-state index is 12.3. The Kier molecular flexibility index (Phi) is 7.84. The van der Waals surface area contributed by atoms with Gasteiger partial charge in [0.15, 0.2) is 0 Å². The van der Waals surface area contributed by atoms with Gasteiger partial charge in [0, 0.05) is 0 Å². The van der Waals surface area contributed by atoms with Crippen molar-refractivity contribution in [2.24, 2.45) is 0 Å². The summed E-state index contributed by atoms with van der Waals surface area (Å²) < 4.78 is 4.99. The molecule has 0 radical (unpaired) electrons. The van der Waals surface area contributed by atoms with Gasteiger partial charge in [-0.1, -0.05) is 97.1 Å². The Morgan fingerprint density at radius 2 is 1.09 bits per heavy atom. The molecule has 0 heterocycles. The zero-order valence-corrected chi connectivity index (χ0v) is 20.4. The topological polar surface area (TPSA) is 26.3 Å². The Morgan fingerprint density at radius 3 is 1.48 bits per heavy atom. The van der Waals surface area contributed by atoms with Crippen LogP contribution in [0, 0.1) is 0 Å². The van der Waals surface area contributed by atoms with Crippen LogP contribution in [0.2, 0.25) is 0 Å². The fourth-order valence-electron chi connectivity index (χ4n) is 3.93. The lowest BCUT2D eigenvalue weighted by Gasteiger charge is -2.29. The smallest absolute Gasteiger partial charge is 0.333 e. The molecule has 0 aliphatic heterocycles. The molecule has 33 heavy (non-hydrogen) atoms. The lowest BCUT2D eigenvalue weighted by Crippen LogP contribution is -2.26. The number of ether oxygens (including phenoxy) is 1. The van der Waals surface area contributed by atoms with E-state index in [1.807, 2.05) is 12.1 Å². The van der Waals surface area contributed by atoms with Gasteiger partial charge in [0.05, 0.1) is 24.9 Å². The molecular formula is C29H27O2P2+. The van der Waals surface area contributed by atoms with Crippen molar-refractivity contribution in [1.82, 2.24) is 0 Å². The first-order valence-corrected chi connectivity index (χ1v) is 14.4. The van der Waals surface area contributed by atoms with Crippen molar-refractivity contribution in [3.63, 3.8) is 0 Å². The Balaban J connectivity index is 1.94. The summed E-state index contributed by atoms with van der Waals surface area (Å²) in [4.78, 5) is 12.3. The van der Waals surface area contributed by atoms with Crippen LogP contribution in [0.4, 0.5) is 0 Å². The highest BCUT2D eigenvalue weighted by molar-refractivity contribution is 8.00. The lowest BCUT2D eigenvalue weighted by atomic mass is 10.4. The second kappa shape index (κ2) is 11.2. The van der Waals surface area contributed by atoms with E-state index in [1.165, 1.54) is 28.3 Å². The number of hydrogen-bond donors (Lipinski definition) is 0. The average Bonchev–Trinajstić information content (AvgIpc) is 2.91. The molecule has 0 aliphatic rings. The molecule has 0 atom stereocenters. The molecule has 4 aromatic carbocycles. The van der Waals surface area contributed by atoms with Crippen molar-refractivity contribution < 1.29 is 9.53 Å². The van der Waals surface area contributed by atoms with Gasteiger partial charge >= 0.3 is 5.97 Å². The number of carbonyl (C=O) groups is 1. The molecule has 2 nitrogen and oxygen atoms in total. The van der Waals surface area contributed by atoms with E-state index in [0.29, 0.717) is 0 Å². The van der Waals surface area contributed by atoms with Crippen molar-refractivity contribution in [3.05, 3.63) is 133 Å². The van der Waals surface area contributed by atoms with Gasteiger partial charge in [-0.05, 0) is 42.8 Å². The predicted octanol–water partition coefficient (Wildman–Crippen LogP) is 5.43. The van der Waals surface area contributed by atoms with Gasteiger partial charge < -0.3 is 4.74 Å². The first-order valence-electron chi connectivity index (χ1n) is 10.9. The minimum Gasteiger partial charge on any atom is -0.466 e. The van der Waals surface area contributed by atoms with Crippen LogP contribution in [0.3, 0.4) is 0 Å². The van der Waals surface area contributed by atoms with Crippen LogP contribution >= 0.6 is 15.2 Å². The number of methoxy groups -OCH3 is 1. The molecule has 0 N–H and O–H groups in total. The van der Waals surface area contributed by atoms with Gasteiger partial charge in [0.2, 0.25) is 0 Å².